The Balaban J connectivity index is 4.35. The molecule has 0 N–H and O–H groups in total. The smallest absolute Gasteiger partial charge is 0.210 e. The lowest BCUT2D eigenvalue weighted by Gasteiger charge is -2.22. The molecular weight excluding hydrogens is 164 g/mol. The van der Waals surface area contributed by atoms with Gasteiger partial charge < -0.3 is 0 Å². The molecule has 0 bridgehead atoms. The van der Waals surface area contributed by atoms with Crippen LogP contribution in [0.4, 0.5) is 17.6 Å². The summed E-state index contributed by atoms with van der Waals surface area (Å²) >= 11 is 0. The second-order valence-electron chi connectivity index (χ2n) is 2.67. The van der Waals surface area contributed by atoms with Gasteiger partial charge in [-0.1, -0.05) is 13.8 Å². The largest absolute Gasteiger partial charge is 0.389 e. The topological polar surface area (TPSA) is 19.9 Å². The molecule has 67 valence electrons. The van der Waals surface area contributed by atoms with Gasteiger partial charge in [0, 0.05) is 0 Å². The average Bonchev–Trinajstić information content (AvgIpc) is 1.54. The first-order valence-corrected chi connectivity index (χ1v) is 3.13. The molecule has 0 spiro atoms. The van der Waals surface area contributed by atoms with Gasteiger partial charge in [0.25, 0.3) is 0 Å². The Bertz CT molecular complexity index is 110. The predicted octanol–water partition coefficient (Wildman–Crippen LogP) is 2.55. The minimum absolute atomic E-state index is 1.01. The Morgan fingerprint density at radius 1 is 1.18 bits per heavy atom. The van der Waals surface area contributed by atoms with Gasteiger partial charge in [0.2, 0.25) is 6.43 Å². The van der Waals surface area contributed by atoms with E-state index in [1.54, 1.807) is 0 Å². The zero-order valence-corrected chi connectivity index (χ0v) is 6.15. The van der Waals surface area contributed by atoms with Gasteiger partial charge in [0.15, 0.2) is 0 Å². The van der Waals surface area contributed by atoms with Crippen LogP contribution in [0.15, 0.2) is 0 Å². The Morgan fingerprint density at radius 2 is 1.55 bits per heavy atom. The number of hydrogen-bond donors (Lipinski definition) is 0. The minimum atomic E-state index is -4.54. The van der Waals surface area contributed by atoms with Gasteiger partial charge in [-0.2, -0.15) is 13.9 Å². The van der Waals surface area contributed by atoms with E-state index in [-0.39, 0.29) is 0 Å². The summed E-state index contributed by atoms with van der Waals surface area (Å²) in [5, 5.41) is 9.87. The standard InChI is InChI=1S/C6H9F4O/c1-3(2)4(5(7)8)6(9,10)11/h3-5H,1-2H3. The van der Waals surface area contributed by atoms with Crippen LogP contribution in [-0.4, -0.2) is 12.5 Å². The molecule has 0 aromatic rings. The van der Waals surface area contributed by atoms with E-state index in [0.717, 1.165) is 0 Å². The fourth-order valence-electron chi connectivity index (χ4n) is 0.826. The summed E-state index contributed by atoms with van der Waals surface area (Å²) < 4.78 is 47.2. The third kappa shape index (κ3) is 3.05. The third-order valence-corrected chi connectivity index (χ3v) is 1.38. The van der Waals surface area contributed by atoms with E-state index in [4.69, 9.17) is 0 Å². The molecule has 0 aromatic heterocycles. The van der Waals surface area contributed by atoms with Crippen molar-refractivity contribution in [1.82, 2.24) is 0 Å². The highest BCUT2D eigenvalue weighted by molar-refractivity contribution is 4.72. The van der Waals surface area contributed by atoms with E-state index < -0.39 is 24.4 Å². The minimum Gasteiger partial charge on any atom is -0.210 e. The first kappa shape index (κ1) is 10.7. The molecule has 0 aliphatic rings. The normalized spacial score (nSPS) is 16.1. The number of rotatable bonds is 3. The van der Waals surface area contributed by atoms with E-state index in [9.17, 15) is 22.7 Å². The number of alkyl halides is 4. The van der Waals surface area contributed by atoms with E-state index in [0.29, 0.717) is 0 Å². The summed E-state index contributed by atoms with van der Waals surface area (Å²) in [6.45, 7) is 2.34. The van der Waals surface area contributed by atoms with Crippen LogP contribution in [0.1, 0.15) is 13.8 Å². The second-order valence-corrected chi connectivity index (χ2v) is 2.67. The van der Waals surface area contributed by atoms with Crippen LogP contribution >= 0.6 is 0 Å². The van der Waals surface area contributed by atoms with Crippen LogP contribution in [-0.2, 0) is 5.11 Å². The molecule has 5 heteroatoms. The number of halogens is 4. The quantitative estimate of drug-likeness (QED) is 0.584. The Morgan fingerprint density at radius 3 is 1.55 bits per heavy atom. The first-order valence-electron chi connectivity index (χ1n) is 3.13. The maximum Gasteiger partial charge on any atom is 0.389 e. The molecular formula is C6H9F4O. The summed E-state index contributed by atoms with van der Waals surface area (Å²) in [4.78, 5) is 0. The Kier molecular flexibility index (Phi) is 3.29. The van der Waals surface area contributed by atoms with E-state index in [1.165, 1.54) is 13.8 Å². The Labute approximate surface area is 62.0 Å². The first-order chi connectivity index (χ1) is 4.76. The van der Waals surface area contributed by atoms with Crippen molar-refractivity contribution in [2.45, 2.75) is 26.4 Å². The summed E-state index contributed by atoms with van der Waals surface area (Å²) in [7, 11) is 0. The van der Waals surface area contributed by atoms with Gasteiger partial charge in [-0.3, -0.25) is 0 Å². The Hall–Kier alpha value is -0.320. The predicted molar refractivity (Wildman–Crippen MR) is 30.0 cm³/mol. The van der Waals surface area contributed by atoms with Crippen molar-refractivity contribution in [1.29, 1.82) is 0 Å². The van der Waals surface area contributed by atoms with Crippen molar-refractivity contribution in [3.05, 3.63) is 0 Å². The second kappa shape index (κ2) is 3.38. The van der Waals surface area contributed by atoms with Crippen molar-refractivity contribution in [2.75, 3.05) is 0 Å². The molecule has 1 nitrogen and oxygen atoms in total. The van der Waals surface area contributed by atoms with Crippen LogP contribution in [0.25, 0.3) is 0 Å². The fraction of sp³-hybridized carbons (Fsp3) is 1.00. The molecule has 0 saturated heterocycles. The molecule has 0 amide bonds. The lowest BCUT2D eigenvalue weighted by Crippen LogP contribution is -2.36. The average molecular weight is 173 g/mol. The van der Waals surface area contributed by atoms with Crippen molar-refractivity contribution in [2.24, 2.45) is 11.8 Å². The zero-order valence-electron chi connectivity index (χ0n) is 6.15. The zero-order chi connectivity index (χ0) is 9.23. The van der Waals surface area contributed by atoms with Gasteiger partial charge in [-0.05, 0) is 5.92 Å². The molecule has 1 unspecified atom stereocenters. The van der Waals surface area contributed by atoms with E-state index in [1.807, 2.05) is 0 Å². The molecule has 0 rings (SSSR count). The van der Waals surface area contributed by atoms with Crippen molar-refractivity contribution >= 4 is 0 Å². The molecule has 0 heterocycles. The summed E-state index contributed by atoms with van der Waals surface area (Å²) in [5.74, 6) is -3.40. The maximum atomic E-state index is 11.9. The SMILES string of the molecule is CC(C)C(C(F)F)C([O])(F)F. The van der Waals surface area contributed by atoms with Crippen LogP contribution < -0.4 is 0 Å². The van der Waals surface area contributed by atoms with E-state index in [2.05, 4.69) is 0 Å². The molecule has 1 radical (unpaired) electrons. The fourth-order valence-corrected chi connectivity index (χ4v) is 0.826. The monoisotopic (exact) mass is 173 g/mol. The molecule has 0 aliphatic heterocycles. The lowest BCUT2D eigenvalue weighted by molar-refractivity contribution is -0.304. The van der Waals surface area contributed by atoms with Crippen molar-refractivity contribution in [3.8, 4) is 0 Å². The highest BCUT2D eigenvalue weighted by Gasteiger charge is 2.47. The van der Waals surface area contributed by atoms with Gasteiger partial charge in [-0.25, -0.2) is 8.78 Å². The molecule has 1 atom stereocenters. The molecule has 0 fully saturated rings. The van der Waals surface area contributed by atoms with E-state index >= 15 is 0 Å². The highest BCUT2D eigenvalue weighted by Crippen LogP contribution is 2.33. The van der Waals surface area contributed by atoms with Crippen LogP contribution in [0, 0.1) is 11.8 Å². The molecule has 0 saturated carbocycles. The van der Waals surface area contributed by atoms with Gasteiger partial charge in [-0.15, -0.1) is 0 Å². The summed E-state index contributed by atoms with van der Waals surface area (Å²) in [6, 6.07) is 0. The summed E-state index contributed by atoms with van der Waals surface area (Å²) in [6.07, 6.45) is -7.80. The third-order valence-electron chi connectivity index (χ3n) is 1.38. The molecule has 0 aliphatic carbocycles. The molecule has 11 heavy (non-hydrogen) atoms. The van der Waals surface area contributed by atoms with Gasteiger partial charge in [0.05, 0.1) is 0 Å². The van der Waals surface area contributed by atoms with Crippen LogP contribution in [0.5, 0.6) is 0 Å². The van der Waals surface area contributed by atoms with Crippen molar-refractivity contribution in [3.63, 3.8) is 0 Å². The number of hydrogen-bond acceptors (Lipinski definition) is 0. The highest BCUT2D eigenvalue weighted by atomic mass is 19.3. The van der Waals surface area contributed by atoms with Crippen LogP contribution in [0.2, 0.25) is 0 Å². The maximum absolute atomic E-state index is 11.9. The van der Waals surface area contributed by atoms with Gasteiger partial charge in [0.1, 0.15) is 5.92 Å². The molecule has 0 aromatic carbocycles. The summed E-state index contributed by atoms with van der Waals surface area (Å²) in [5.41, 5.74) is 0. The lowest BCUT2D eigenvalue weighted by atomic mass is 9.95. The van der Waals surface area contributed by atoms with Crippen molar-refractivity contribution < 1.29 is 22.7 Å². The van der Waals surface area contributed by atoms with Crippen LogP contribution in [0.3, 0.4) is 0 Å². The van der Waals surface area contributed by atoms with Gasteiger partial charge >= 0.3 is 6.11 Å².